The number of nitrogens with one attached hydrogen (secondary N) is 1. The molecule has 0 saturated heterocycles. The van der Waals surface area contributed by atoms with Gasteiger partial charge in [-0.2, -0.15) is 0 Å². The SMILES string of the molecule is COc1ccc(S(=O)(=O)N2C[C@@H](C(=O)Nc3ccc4c(c3)OCCO4)Oc3cc(C)ccc32)cc1. The molecule has 9 nitrogen and oxygen atoms in total. The standard InChI is InChI=1S/C25H24N2O7S/c1-16-3-9-20-22(13-16)34-24(15-27(20)35(29,30)19-7-5-18(31-2)6-8-19)25(28)26-17-4-10-21-23(14-17)33-12-11-32-21/h3-10,13-14,24H,11-12,15H2,1-2H3,(H,26,28)/t24-/m0/s1. The lowest BCUT2D eigenvalue weighted by Gasteiger charge is -2.35. The molecule has 0 unspecified atom stereocenters. The minimum atomic E-state index is -3.98. The monoisotopic (exact) mass is 496 g/mol. The Morgan fingerprint density at radius 1 is 0.971 bits per heavy atom. The molecule has 1 N–H and O–H groups in total. The molecule has 5 rings (SSSR count). The molecule has 2 heterocycles. The third-order valence-electron chi connectivity index (χ3n) is 5.73. The first-order valence-electron chi connectivity index (χ1n) is 11.0. The Morgan fingerprint density at radius 3 is 2.46 bits per heavy atom. The first-order valence-corrected chi connectivity index (χ1v) is 12.4. The summed E-state index contributed by atoms with van der Waals surface area (Å²) in [5.41, 5.74) is 1.73. The second kappa shape index (κ2) is 9.03. The number of amides is 1. The maximum Gasteiger partial charge on any atom is 0.267 e. The fourth-order valence-corrected chi connectivity index (χ4v) is 5.42. The van der Waals surface area contributed by atoms with Crippen LogP contribution in [0.4, 0.5) is 11.4 Å². The van der Waals surface area contributed by atoms with E-state index in [0.717, 1.165) is 5.56 Å². The number of anilines is 2. The highest BCUT2D eigenvalue weighted by Gasteiger charge is 2.37. The smallest absolute Gasteiger partial charge is 0.267 e. The summed E-state index contributed by atoms with van der Waals surface area (Å²) in [4.78, 5) is 13.3. The lowest BCUT2D eigenvalue weighted by molar-refractivity contribution is -0.122. The molecule has 0 bridgehead atoms. The lowest BCUT2D eigenvalue weighted by atomic mass is 10.1. The highest BCUT2D eigenvalue weighted by molar-refractivity contribution is 7.92. The van der Waals surface area contributed by atoms with Crippen LogP contribution in [-0.4, -0.2) is 47.3 Å². The summed E-state index contributed by atoms with van der Waals surface area (Å²) in [6.07, 6.45) is -1.08. The number of ether oxygens (including phenoxy) is 4. The van der Waals surface area contributed by atoms with Crippen LogP contribution in [0.15, 0.2) is 65.6 Å². The third kappa shape index (κ3) is 4.44. The van der Waals surface area contributed by atoms with Crippen LogP contribution in [0, 0.1) is 6.92 Å². The van der Waals surface area contributed by atoms with Gasteiger partial charge < -0.3 is 24.3 Å². The van der Waals surface area contributed by atoms with Crippen LogP contribution < -0.4 is 28.6 Å². The van der Waals surface area contributed by atoms with Crippen molar-refractivity contribution in [1.29, 1.82) is 0 Å². The Hall–Kier alpha value is -3.92. The second-order valence-electron chi connectivity index (χ2n) is 8.14. The van der Waals surface area contributed by atoms with Crippen LogP contribution in [0.5, 0.6) is 23.0 Å². The Balaban J connectivity index is 1.44. The molecule has 0 aromatic heterocycles. The van der Waals surface area contributed by atoms with Crippen LogP contribution in [0.3, 0.4) is 0 Å². The molecular weight excluding hydrogens is 472 g/mol. The number of hydrogen-bond acceptors (Lipinski definition) is 7. The number of sulfonamides is 1. The van der Waals surface area contributed by atoms with E-state index in [-0.39, 0.29) is 11.4 Å². The van der Waals surface area contributed by atoms with Crippen molar-refractivity contribution in [2.75, 3.05) is 36.5 Å². The normalized spacial score (nSPS) is 16.6. The van der Waals surface area contributed by atoms with Gasteiger partial charge in [0.25, 0.3) is 15.9 Å². The van der Waals surface area contributed by atoms with E-state index in [4.69, 9.17) is 18.9 Å². The lowest BCUT2D eigenvalue weighted by Crippen LogP contribution is -2.48. The van der Waals surface area contributed by atoms with Crippen molar-refractivity contribution in [3.63, 3.8) is 0 Å². The largest absolute Gasteiger partial charge is 0.497 e. The van der Waals surface area contributed by atoms with Gasteiger partial charge in [0.15, 0.2) is 17.6 Å². The van der Waals surface area contributed by atoms with Gasteiger partial charge in [-0.25, -0.2) is 8.42 Å². The first-order chi connectivity index (χ1) is 16.8. The van der Waals surface area contributed by atoms with Crippen molar-refractivity contribution in [3.05, 3.63) is 66.2 Å². The Morgan fingerprint density at radius 2 is 1.71 bits per heavy atom. The van der Waals surface area contributed by atoms with E-state index in [2.05, 4.69) is 5.32 Å². The van der Waals surface area contributed by atoms with E-state index in [1.54, 1.807) is 48.5 Å². The number of hydrogen-bond donors (Lipinski definition) is 1. The molecule has 10 heteroatoms. The molecule has 1 amide bonds. The van der Waals surface area contributed by atoms with E-state index in [1.165, 1.54) is 23.5 Å². The number of methoxy groups -OCH3 is 1. The maximum absolute atomic E-state index is 13.6. The predicted molar refractivity (Wildman–Crippen MR) is 129 cm³/mol. The van der Waals surface area contributed by atoms with Crippen LogP contribution in [0.25, 0.3) is 0 Å². The zero-order chi connectivity index (χ0) is 24.6. The van der Waals surface area contributed by atoms with E-state index in [0.29, 0.717) is 47.6 Å². The number of aryl methyl sites for hydroxylation is 1. The zero-order valence-corrected chi connectivity index (χ0v) is 20.0. The Bertz CT molecular complexity index is 1370. The van der Waals surface area contributed by atoms with E-state index < -0.39 is 22.0 Å². The zero-order valence-electron chi connectivity index (χ0n) is 19.2. The molecule has 2 aliphatic rings. The van der Waals surface area contributed by atoms with Gasteiger partial charge in [-0.15, -0.1) is 0 Å². The van der Waals surface area contributed by atoms with Gasteiger partial charge in [-0.05, 0) is 61.0 Å². The average molecular weight is 497 g/mol. The van der Waals surface area contributed by atoms with Gasteiger partial charge in [0.1, 0.15) is 24.7 Å². The molecule has 0 fully saturated rings. The topological polar surface area (TPSA) is 103 Å². The molecule has 35 heavy (non-hydrogen) atoms. The quantitative estimate of drug-likeness (QED) is 0.578. The number of rotatable bonds is 5. The molecule has 0 radical (unpaired) electrons. The Labute approximate surface area is 203 Å². The number of carbonyl (C=O) groups excluding carboxylic acids is 1. The predicted octanol–water partition coefficient (Wildman–Crippen LogP) is 3.37. The highest BCUT2D eigenvalue weighted by Crippen LogP contribution is 2.38. The van der Waals surface area contributed by atoms with Crippen LogP contribution >= 0.6 is 0 Å². The number of benzene rings is 3. The van der Waals surface area contributed by atoms with E-state index in [9.17, 15) is 13.2 Å². The first kappa shape index (κ1) is 22.9. The van der Waals surface area contributed by atoms with Crippen molar-refractivity contribution in [2.24, 2.45) is 0 Å². The summed E-state index contributed by atoms with van der Waals surface area (Å²) in [6.45, 7) is 2.56. The summed E-state index contributed by atoms with van der Waals surface area (Å²) in [7, 11) is -2.47. The minimum Gasteiger partial charge on any atom is -0.497 e. The molecule has 2 aliphatic heterocycles. The number of fused-ring (bicyclic) bond motifs is 2. The number of carbonyl (C=O) groups is 1. The molecule has 0 saturated carbocycles. The van der Waals surface area contributed by atoms with Crippen molar-refractivity contribution in [3.8, 4) is 23.0 Å². The molecule has 3 aromatic carbocycles. The van der Waals surface area contributed by atoms with Gasteiger partial charge in [0.05, 0.1) is 24.2 Å². The highest BCUT2D eigenvalue weighted by atomic mass is 32.2. The minimum absolute atomic E-state index is 0.0812. The van der Waals surface area contributed by atoms with Crippen LogP contribution in [0.1, 0.15) is 5.56 Å². The molecule has 1 atom stereocenters. The molecule has 0 spiro atoms. The molecule has 182 valence electrons. The summed E-state index contributed by atoms with van der Waals surface area (Å²) in [5.74, 6) is 1.51. The van der Waals surface area contributed by atoms with Gasteiger partial charge in [0, 0.05) is 11.8 Å². The summed E-state index contributed by atoms with van der Waals surface area (Å²) in [6, 6.07) is 16.4. The maximum atomic E-state index is 13.6. The van der Waals surface area contributed by atoms with Crippen LogP contribution in [0.2, 0.25) is 0 Å². The fraction of sp³-hybridized carbons (Fsp3) is 0.240. The number of nitrogens with zero attached hydrogens (tertiary/aromatic N) is 1. The fourth-order valence-electron chi connectivity index (χ4n) is 3.94. The average Bonchev–Trinajstić information content (AvgIpc) is 2.87. The third-order valence-corrected chi connectivity index (χ3v) is 7.53. The van der Waals surface area contributed by atoms with Crippen molar-refractivity contribution in [2.45, 2.75) is 17.9 Å². The van der Waals surface area contributed by atoms with Crippen molar-refractivity contribution < 1.29 is 32.2 Å². The van der Waals surface area contributed by atoms with E-state index in [1.807, 2.05) is 6.92 Å². The van der Waals surface area contributed by atoms with Gasteiger partial charge >= 0.3 is 0 Å². The Kier molecular flexibility index (Phi) is 5.89. The molecular formula is C25H24N2O7S. The van der Waals surface area contributed by atoms with Gasteiger partial charge in [-0.1, -0.05) is 6.07 Å². The molecule has 3 aromatic rings. The summed E-state index contributed by atoms with van der Waals surface area (Å²) in [5, 5.41) is 2.80. The summed E-state index contributed by atoms with van der Waals surface area (Å²) < 4.78 is 50.6. The van der Waals surface area contributed by atoms with Gasteiger partial charge in [0.2, 0.25) is 0 Å². The second-order valence-corrected chi connectivity index (χ2v) is 10.00. The van der Waals surface area contributed by atoms with E-state index >= 15 is 0 Å². The van der Waals surface area contributed by atoms with Crippen LogP contribution in [-0.2, 0) is 14.8 Å². The van der Waals surface area contributed by atoms with Crippen molar-refractivity contribution >= 4 is 27.3 Å². The molecule has 0 aliphatic carbocycles. The van der Waals surface area contributed by atoms with Gasteiger partial charge in [-0.3, -0.25) is 9.10 Å². The van der Waals surface area contributed by atoms with Crippen molar-refractivity contribution in [1.82, 2.24) is 0 Å². The summed E-state index contributed by atoms with van der Waals surface area (Å²) >= 11 is 0.